The lowest BCUT2D eigenvalue weighted by molar-refractivity contribution is 0.244. The van der Waals surface area contributed by atoms with Gasteiger partial charge in [0.05, 0.1) is 12.9 Å². The molecular formula is C9H15ClO. The highest BCUT2D eigenvalue weighted by Crippen LogP contribution is 1.88. The topological polar surface area (TPSA) is 9.23 Å². The van der Waals surface area contributed by atoms with Gasteiger partial charge in [0.15, 0.2) is 0 Å². The van der Waals surface area contributed by atoms with E-state index in [1.807, 2.05) is 18.2 Å². The first-order chi connectivity index (χ1) is 5.41. The van der Waals surface area contributed by atoms with E-state index in [0.717, 1.165) is 13.0 Å². The zero-order chi connectivity index (χ0) is 8.36. The maximum Gasteiger partial charge on any atom is 0.0873 e. The average molecular weight is 175 g/mol. The van der Waals surface area contributed by atoms with E-state index in [2.05, 4.69) is 6.92 Å². The molecule has 0 atom stereocenters. The molecular weight excluding hydrogens is 160 g/mol. The maximum absolute atomic E-state index is 5.40. The van der Waals surface area contributed by atoms with E-state index in [4.69, 9.17) is 16.3 Å². The Morgan fingerprint density at radius 2 is 2.18 bits per heavy atom. The van der Waals surface area contributed by atoms with Gasteiger partial charge in [-0.1, -0.05) is 25.5 Å². The SMILES string of the molecule is CCCCOC=CC=CCCl. The Morgan fingerprint density at radius 1 is 1.36 bits per heavy atom. The second-order valence-electron chi connectivity index (χ2n) is 2.14. The van der Waals surface area contributed by atoms with E-state index in [-0.39, 0.29) is 0 Å². The van der Waals surface area contributed by atoms with Crippen LogP contribution in [0.2, 0.25) is 0 Å². The van der Waals surface area contributed by atoms with E-state index in [1.54, 1.807) is 6.26 Å². The molecule has 0 unspecified atom stereocenters. The molecule has 1 nitrogen and oxygen atoms in total. The van der Waals surface area contributed by atoms with Gasteiger partial charge in [0, 0.05) is 5.88 Å². The quantitative estimate of drug-likeness (QED) is 0.260. The number of allylic oxidation sites excluding steroid dienone is 3. The fourth-order valence-electron chi connectivity index (χ4n) is 0.527. The van der Waals surface area contributed by atoms with Gasteiger partial charge in [0.2, 0.25) is 0 Å². The number of alkyl halides is 1. The molecule has 2 heteroatoms. The molecule has 0 aromatic heterocycles. The summed E-state index contributed by atoms with van der Waals surface area (Å²) in [6.07, 6.45) is 9.56. The van der Waals surface area contributed by atoms with Gasteiger partial charge in [-0.05, 0) is 12.5 Å². The smallest absolute Gasteiger partial charge is 0.0873 e. The fourth-order valence-corrected chi connectivity index (χ4v) is 0.629. The predicted octanol–water partition coefficient (Wildman–Crippen LogP) is 3.11. The van der Waals surface area contributed by atoms with Gasteiger partial charge in [-0.3, -0.25) is 0 Å². The molecule has 0 saturated heterocycles. The molecule has 64 valence electrons. The molecule has 0 radical (unpaired) electrons. The van der Waals surface area contributed by atoms with E-state index < -0.39 is 0 Å². The number of unbranched alkanes of at least 4 members (excludes halogenated alkanes) is 1. The van der Waals surface area contributed by atoms with E-state index in [0.29, 0.717) is 5.88 Å². The molecule has 11 heavy (non-hydrogen) atoms. The highest BCUT2D eigenvalue weighted by atomic mass is 35.5. The maximum atomic E-state index is 5.40. The first-order valence-electron chi connectivity index (χ1n) is 3.91. The Labute approximate surface area is 73.7 Å². The molecule has 0 aliphatic carbocycles. The van der Waals surface area contributed by atoms with Crippen LogP contribution >= 0.6 is 11.6 Å². The molecule has 0 N–H and O–H groups in total. The summed E-state index contributed by atoms with van der Waals surface area (Å²) in [5.41, 5.74) is 0. The van der Waals surface area contributed by atoms with Crippen LogP contribution < -0.4 is 0 Å². The van der Waals surface area contributed by atoms with Gasteiger partial charge in [-0.25, -0.2) is 0 Å². The molecule has 0 spiro atoms. The van der Waals surface area contributed by atoms with E-state index >= 15 is 0 Å². The summed E-state index contributed by atoms with van der Waals surface area (Å²) in [6, 6.07) is 0. The summed E-state index contributed by atoms with van der Waals surface area (Å²) in [7, 11) is 0. The monoisotopic (exact) mass is 174 g/mol. The average Bonchev–Trinajstić information content (AvgIpc) is 2.03. The second-order valence-corrected chi connectivity index (χ2v) is 2.44. The van der Waals surface area contributed by atoms with E-state index in [1.165, 1.54) is 6.42 Å². The van der Waals surface area contributed by atoms with Crippen molar-refractivity contribution in [1.82, 2.24) is 0 Å². The summed E-state index contributed by atoms with van der Waals surface area (Å²) < 4.78 is 5.15. The number of hydrogen-bond donors (Lipinski definition) is 0. The number of hydrogen-bond acceptors (Lipinski definition) is 1. The lowest BCUT2D eigenvalue weighted by atomic mass is 10.4. The van der Waals surface area contributed by atoms with Gasteiger partial charge in [0.25, 0.3) is 0 Å². The molecule has 0 heterocycles. The molecule has 0 aromatic rings. The first-order valence-corrected chi connectivity index (χ1v) is 4.44. The second kappa shape index (κ2) is 9.57. The van der Waals surface area contributed by atoms with Gasteiger partial charge >= 0.3 is 0 Å². The van der Waals surface area contributed by atoms with Crippen LogP contribution in [0, 0.1) is 0 Å². The Morgan fingerprint density at radius 3 is 2.82 bits per heavy atom. The van der Waals surface area contributed by atoms with Crippen LogP contribution in [-0.2, 0) is 4.74 Å². The lowest BCUT2D eigenvalue weighted by Crippen LogP contribution is -1.84. The van der Waals surface area contributed by atoms with Crippen molar-refractivity contribution in [3.8, 4) is 0 Å². The molecule has 0 amide bonds. The molecule has 0 aliphatic heterocycles. The summed E-state index contributed by atoms with van der Waals surface area (Å²) in [4.78, 5) is 0. The van der Waals surface area contributed by atoms with Crippen molar-refractivity contribution < 1.29 is 4.74 Å². The van der Waals surface area contributed by atoms with Crippen LogP contribution in [0.3, 0.4) is 0 Å². The number of halogens is 1. The van der Waals surface area contributed by atoms with Crippen LogP contribution in [-0.4, -0.2) is 12.5 Å². The zero-order valence-corrected chi connectivity index (χ0v) is 7.68. The van der Waals surface area contributed by atoms with Gasteiger partial charge in [-0.2, -0.15) is 0 Å². The molecule has 0 aliphatic rings. The first kappa shape index (κ1) is 10.6. The van der Waals surface area contributed by atoms with Crippen molar-refractivity contribution in [2.24, 2.45) is 0 Å². The summed E-state index contributed by atoms with van der Waals surface area (Å²) in [6.45, 7) is 2.95. The summed E-state index contributed by atoms with van der Waals surface area (Å²) in [5.74, 6) is 0.555. The van der Waals surface area contributed by atoms with Crippen molar-refractivity contribution in [3.63, 3.8) is 0 Å². The minimum absolute atomic E-state index is 0.555. The highest BCUT2D eigenvalue weighted by molar-refractivity contribution is 6.18. The normalized spacial score (nSPS) is 11.5. The number of ether oxygens (including phenoxy) is 1. The Balaban J connectivity index is 3.09. The zero-order valence-electron chi connectivity index (χ0n) is 6.92. The minimum Gasteiger partial charge on any atom is -0.501 e. The fraction of sp³-hybridized carbons (Fsp3) is 0.556. The van der Waals surface area contributed by atoms with Gasteiger partial charge in [0.1, 0.15) is 0 Å². The Kier molecular flexibility index (Phi) is 9.20. The van der Waals surface area contributed by atoms with Gasteiger partial charge < -0.3 is 4.74 Å². The van der Waals surface area contributed by atoms with Crippen LogP contribution in [0.15, 0.2) is 24.5 Å². The number of rotatable bonds is 6. The van der Waals surface area contributed by atoms with Crippen LogP contribution in [0.25, 0.3) is 0 Å². The summed E-state index contributed by atoms with van der Waals surface area (Å²) in [5, 5.41) is 0. The lowest BCUT2D eigenvalue weighted by Gasteiger charge is -1.95. The van der Waals surface area contributed by atoms with E-state index in [9.17, 15) is 0 Å². The van der Waals surface area contributed by atoms with Crippen molar-refractivity contribution in [1.29, 1.82) is 0 Å². The molecule has 0 fully saturated rings. The van der Waals surface area contributed by atoms with Crippen LogP contribution in [0.5, 0.6) is 0 Å². The highest BCUT2D eigenvalue weighted by Gasteiger charge is 1.78. The third-order valence-corrected chi connectivity index (χ3v) is 1.30. The van der Waals surface area contributed by atoms with Crippen molar-refractivity contribution in [3.05, 3.63) is 24.5 Å². The molecule has 0 bridgehead atoms. The van der Waals surface area contributed by atoms with Crippen LogP contribution in [0.4, 0.5) is 0 Å². The Hall–Kier alpha value is -0.430. The predicted molar refractivity (Wildman–Crippen MR) is 49.9 cm³/mol. The standard InChI is InChI=1S/C9H15ClO/c1-2-3-8-11-9-6-4-5-7-10/h4-6,9H,2-3,7-8H2,1H3. The minimum atomic E-state index is 0.555. The third-order valence-electron chi connectivity index (χ3n) is 1.13. The van der Waals surface area contributed by atoms with Gasteiger partial charge in [-0.15, -0.1) is 11.6 Å². The summed E-state index contributed by atoms with van der Waals surface area (Å²) >= 11 is 5.40. The van der Waals surface area contributed by atoms with Crippen LogP contribution in [0.1, 0.15) is 19.8 Å². The largest absolute Gasteiger partial charge is 0.501 e. The molecule has 0 rings (SSSR count). The Bertz CT molecular complexity index is 119. The third kappa shape index (κ3) is 9.57. The van der Waals surface area contributed by atoms with Crippen molar-refractivity contribution in [2.45, 2.75) is 19.8 Å². The van der Waals surface area contributed by atoms with Crippen molar-refractivity contribution in [2.75, 3.05) is 12.5 Å². The molecule has 0 saturated carbocycles. The van der Waals surface area contributed by atoms with Crippen molar-refractivity contribution >= 4 is 11.6 Å². The molecule has 0 aromatic carbocycles.